The number of hydrogen-bond donors (Lipinski definition) is 2. The molecule has 0 amide bonds. The predicted octanol–water partition coefficient (Wildman–Crippen LogP) is 1.92. The third kappa shape index (κ3) is 2.79. The van der Waals surface area contributed by atoms with Gasteiger partial charge in [0.2, 0.25) is 0 Å². The van der Waals surface area contributed by atoms with Crippen LogP contribution in [0.25, 0.3) is 0 Å². The quantitative estimate of drug-likeness (QED) is 0.722. The first-order chi connectivity index (χ1) is 10.2. The van der Waals surface area contributed by atoms with Gasteiger partial charge in [0, 0.05) is 6.61 Å². The van der Waals surface area contributed by atoms with Gasteiger partial charge in [-0.1, -0.05) is 0 Å². The van der Waals surface area contributed by atoms with Crippen LogP contribution in [-0.2, 0) is 14.9 Å². The van der Waals surface area contributed by atoms with Crippen LogP contribution in [0.15, 0.2) is 0 Å². The molecule has 22 heavy (non-hydrogen) atoms. The Balaban J connectivity index is 1.59. The Morgan fingerprint density at radius 3 is 2.27 bits per heavy atom. The first-order valence-electron chi connectivity index (χ1n) is 7.69. The summed E-state index contributed by atoms with van der Waals surface area (Å²) in [6.07, 6.45) is 4.95. The molecule has 5 nitrogen and oxygen atoms in total. The average Bonchev–Trinajstić information content (AvgIpc) is 2.40. The molecule has 8 heteroatoms. The number of ether oxygens (including phenoxy) is 1. The molecule has 4 aliphatic carbocycles. The maximum atomic E-state index is 13.2. The lowest BCUT2D eigenvalue weighted by Gasteiger charge is -2.59. The van der Waals surface area contributed by atoms with Crippen LogP contribution in [0, 0.1) is 29.1 Å². The molecule has 4 fully saturated rings. The monoisotopic (exact) mass is 340 g/mol. The van der Waals surface area contributed by atoms with Gasteiger partial charge in [0.15, 0.2) is 0 Å². The Kier molecular flexibility index (Phi) is 4.03. The lowest BCUT2D eigenvalue weighted by molar-refractivity contribution is -0.139. The second-order valence-electron chi connectivity index (χ2n) is 7.42. The summed E-state index contributed by atoms with van der Waals surface area (Å²) in [6, 6.07) is 0. The van der Waals surface area contributed by atoms with Gasteiger partial charge in [0.1, 0.15) is 6.61 Å². The van der Waals surface area contributed by atoms with Crippen molar-refractivity contribution < 1.29 is 31.6 Å². The molecular weight excluding hydrogens is 318 g/mol. The van der Waals surface area contributed by atoms with E-state index >= 15 is 0 Å². The van der Waals surface area contributed by atoms with E-state index in [4.69, 9.17) is 9.29 Å². The molecule has 0 radical (unpaired) electrons. The van der Waals surface area contributed by atoms with Crippen molar-refractivity contribution in [3.05, 3.63) is 0 Å². The lowest BCUT2D eigenvalue weighted by atomic mass is 9.46. The molecular formula is C14H22F2O5S. The summed E-state index contributed by atoms with van der Waals surface area (Å²) in [4.78, 5) is 0. The first kappa shape index (κ1) is 16.5. The summed E-state index contributed by atoms with van der Waals surface area (Å²) in [5.41, 5.74) is 0.00533. The van der Waals surface area contributed by atoms with E-state index in [1.165, 1.54) is 0 Å². The minimum atomic E-state index is -5.43. The highest BCUT2D eigenvalue weighted by molar-refractivity contribution is 7.86. The Hall–Kier alpha value is -0.310. The van der Waals surface area contributed by atoms with Gasteiger partial charge in [-0.3, -0.25) is 4.55 Å². The van der Waals surface area contributed by atoms with Crippen molar-refractivity contribution in [2.24, 2.45) is 29.1 Å². The molecule has 0 aromatic carbocycles. The first-order valence-corrected chi connectivity index (χ1v) is 9.13. The fourth-order valence-electron chi connectivity index (χ4n) is 5.15. The summed E-state index contributed by atoms with van der Waals surface area (Å²) in [5.74, 6) is 1.48. The maximum Gasteiger partial charge on any atom is 0.392 e. The molecule has 2 atom stereocenters. The zero-order valence-electron chi connectivity index (χ0n) is 12.2. The Labute approximate surface area is 128 Å². The van der Waals surface area contributed by atoms with Crippen LogP contribution in [0.3, 0.4) is 0 Å². The molecule has 0 aromatic heterocycles. The number of aliphatic hydroxyl groups is 1. The van der Waals surface area contributed by atoms with Gasteiger partial charge in [-0.25, -0.2) is 0 Å². The van der Waals surface area contributed by atoms with Gasteiger partial charge in [0.05, 0.1) is 6.61 Å². The molecule has 0 aromatic rings. The van der Waals surface area contributed by atoms with Crippen molar-refractivity contribution in [2.45, 2.75) is 37.4 Å². The molecule has 4 bridgehead atoms. The van der Waals surface area contributed by atoms with Gasteiger partial charge in [-0.2, -0.15) is 17.2 Å². The third-order valence-corrected chi connectivity index (χ3v) is 6.76. The van der Waals surface area contributed by atoms with Crippen molar-refractivity contribution >= 4 is 10.1 Å². The van der Waals surface area contributed by atoms with Crippen LogP contribution in [-0.4, -0.2) is 43.2 Å². The van der Waals surface area contributed by atoms with Crippen LogP contribution in [0.1, 0.15) is 32.1 Å². The number of alkyl halides is 2. The van der Waals surface area contributed by atoms with Crippen LogP contribution in [0.5, 0.6) is 0 Å². The zero-order valence-corrected chi connectivity index (χ0v) is 13.1. The minimum absolute atomic E-state index is 0.00533. The topological polar surface area (TPSA) is 83.8 Å². The average molecular weight is 340 g/mol. The van der Waals surface area contributed by atoms with E-state index < -0.39 is 22.0 Å². The molecule has 0 aliphatic heterocycles. The van der Waals surface area contributed by atoms with Gasteiger partial charge < -0.3 is 9.84 Å². The van der Waals surface area contributed by atoms with Crippen LogP contribution >= 0.6 is 0 Å². The molecule has 2 unspecified atom stereocenters. The summed E-state index contributed by atoms with van der Waals surface area (Å²) in [6.45, 7) is -1.03. The van der Waals surface area contributed by atoms with Gasteiger partial charge in [0.25, 0.3) is 0 Å². The second kappa shape index (κ2) is 5.36. The molecule has 0 saturated heterocycles. The van der Waals surface area contributed by atoms with E-state index in [0.717, 1.165) is 32.1 Å². The lowest BCUT2D eigenvalue weighted by Crippen LogP contribution is -2.53. The molecule has 0 spiro atoms. The predicted molar refractivity (Wildman–Crippen MR) is 73.9 cm³/mol. The van der Waals surface area contributed by atoms with Crippen molar-refractivity contribution in [3.8, 4) is 0 Å². The molecule has 0 heterocycles. The minimum Gasteiger partial charge on any atom is -0.396 e. The highest BCUT2D eigenvalue weighted by Gasteiger charge is 2.55. The van der Waals surface area contributed by atoms with Crippen molar-refractivity contribution in [1.29, 1.82) is 0 Å². The van der Waals surface area contributed by atoms with Gasteiger partial charge in [-0.05, 0) is 61.2 Å². The van der Waals surface area contributed by atoms with E-state index in [1.807, 2.05) is 0 Å². The van der Waals surface area contributed by atoms with Crippen molar-refractivity contribution in [2.75, 3.05) is 19.8 Å². The van der Waals surface area contributed by atoms with E-state index in [-0.39, 0.29) is 24.5 Å². The Bertz CT molecular complexity index is 519. The van der Waals surface area contributed by atoms with E-state index in [9.17, 15) is 22.3 Å². The van der Waals surface area contributed by atoms with E-state index in [0.29, 0.717) is 17.8 Å². The maximum absolute atomic E-state index is 13.2. The smallest absolute Gasteiger partial charge is 0.392 e. The molecule has 2 N–H and O–H groups in total. The summed E-state index contributed by atoms with van der Waals surface area (Å²) in [5, 5.41) is 5.41. The van der Waals surface area contributed by atoms with Crippen LogP contribution < -0.4 is 0 Å². The largest absolute Gasteiger partial charge is 0.396 e. The number of halogens is 2. The Morgan fingerprint density at radius 1 is 1.18 bits per heavy atom. The van der Waals surface area contributed by atoms with Crippen LogP contribution in [0.2, 0.25) is 0 Å². The fraction of sp³-hybridized carbons (Fsp3) is 1.00. The van der Waals surface area contributed by atoms with E-state index in [2.05, 4.69) is 0 Å². The molecule has 128 valence electrons. The van der Waals surface area contributed by atoms with Crippen molar-refractivity contribution in [1.82, 2.24) is 0 Å². The van der Waals surface area contributed by atoms with Gasteiger partial charge in [-0.15, -0.1) is 0 Å². The standard InChI is InChI=1S/C14H22F2O5S/c15-14(16,22(18,19)20)8-21-6-12-10-1-9-2-11(12)5-13(3-9,4-10)7-17/h9-12,17H,1-8H2,(H,18,19,20). The summed E-state index contributed by atoms with van der Waals surface area (Å²) in [7, 11) is -5.43. The Morgan fingerprint density at radius 2 is 1.77 bits per heavy atom. The number of hydrogen-bond acceptors (Lipinski definition) is 4. The fourth-order valence-corrected chi connectivity index (χ4v) is 5.38. The number of rotatable bonds is 6. The van der Waals surface area contributed by atoms with Crippen LogP contribution in [0.4, 0.5) is 8.78 Å². The van der Waals surface area contributed by atoms with E-state index in [1.54, 1.807) is 0 Å². The molecule has 4 aliphatic rings. The normalized spacial score (nSPS) is 41.1. The summed E-state index contributed by atoms with van der Waals surface area (Å²) >= 11 is 0. The third-order valence-electron chi connectivity index (χ3n) is 5.89. The summed E-state index contributed by atoms with van der Waals surface area (Å²) < 4.78 is 60.9. The molecule has 4 rings (SSSR count). The second-order valence-corrected chi connectivity index (χ2v) is 8.97. The SMILES string of the molecule is O=S(=O)(O)C(F)(F)COCC1C2CC3CC1CC(CO)(C3)C2. The van der Waals surface area contributed by atoms with Gasteiger partial charge >= 0.3 is 15.4 Å². The molecule has 4 saturated carbocycles. The zero-order chi connectivity index (χ0) is 16.2. The highest BCUT2D eigenvalue weighted by Crippen LogP contribution is 2.62. The highest BCUT2D eigenvalue weighted by atomic mass is 32.2. The number of aliphatic hydroxyl groups excluding tert-OH is 1. The van der Waals surface area contributed by atoms with Crippen molar-refractivity contribution in [3.63, 3.8) is 0 Å².